The Hall–Kier alpha value is -2.64. The number of aromatic carboxylic acids is 1. The summed E-state index contributed by atoms with van der Waals surface area (Å²) in [7, 11) is 1.74. The van der Waals surface area contributed by atoms with Crippen molar-refractivity contribution in [1.82, 2.24) is 19.6 Å². The molecule has 8 nitrogen and oxygen atoms in total. The standard InChI is InChI=1S/C10H11N5O3/c1-14-3-2-8(13-14)12-9(16)6-15-5-7(4-11-15)10(17)18/h2-5H,6H2,1H3,(H,17,18)(H,12,13,16). The fourth-order valence-electron chi connectivity index (χ4n) is 1.37. The zero-order valence-electron chi connectivity index (χ0n) is 9.57. The molecule has 0 aromatic carbocycles. The van der Waals surface area contributed by atoms with Gasteiger partial charge in [-0.05, 0) is 0 Å². The summed E-state index contributed by atoms with van der Waals surface area (Å²) in [4.78, 5) is 22.2. The van der Waals surface area contributed by atoms with E-state index in [1.165, 1.54) is 17.1 Å². The largest absolute Gasteiger partial charge is 0.478 e. The van der Waals surface area contributed by atoms with Crippen LogP contribution in [0.15, 0.2) is 24.7 Å². The molecular formula is C10H11N5O3. The van der Waals surface area contributed by atoms with Gasteiger partial charge >= 0.3 is 5.97 Å². The number of anilines is 1. The Bertz CT molecular complexity index is 586. The fourth-order valence-corrected chi connectivity index (χ4v) is 1.37. The van der Waals surface area contributed by atoms with Gasteiger partial charge in [0.25, 0.3) is 0 Å². The molecule has 0 aliphatic rings. The molecule has 2 N–H and O–H groups in total. The predicted molar refractivity (Wildman–Crippen MR) is 61.0 cm³/mol. The number of carboxylic acid groups (broad SMARTS) is 1. The lowest BCUT2D eigenvalue weighted by molar-refractivity contribution is -0.116. The first-order valence-electron chi connectivity index (χ1n) is 5.10. The lowest BCUT2D eigenvalue weighted by atomic mass is 10.4. The van der Waals surface area contributed by atoms with Crippen LogP contribution in [0.25, 0.3) is 0 Å². The molecule has 8 heteroatoms. The number of hydrogen-bond acceptors (Lipinski definition) is 4. The fraction of sp³-hybridized carbons (Fsp3) is 0.200. The van der Waals surface area contributed by atoms with Crippen LogP contribution >= 0.6 is 0 Å². The molecule has 2 heterocycles. The van der Waals surface area contributed by atoms with Crippen molar-refractivity contribution in [2.24, 2.45) is 7.05 Å². The Morgan fingerprint density at radius 2 is 2.28 bits per heavy atom. The summed E-state index contributed by atoms with van der Waals surface area (Å²) in [5.41, 5.74) is 0.0423. The summed E-state index contributed by atoms with van der Waals surface area (Å²) in [6.45, 7) is -0.0656. The van der Waals surface area contributed by atoms with Crippen LogP contribution in [0, 0.1) is 0 Å². The molecule has 0 atom stereocenters. The number of amides is 1. The van der Waals surface area contributed by atoms with Gasteiger partial charge in [0.2, 0.25) is 5.91 Å². The quantitative estimate of drug-likeness (QED) is 0.791. The average molecular weight is 249 g/mol. The van der Waals surface area contributed by atoms with Crippen molar-refractivity contribution in [2.45, 2.75) is 6.54 Å². The number of nitrogens with zero attached hydrogens (tertiary/aromatic N) is 4. The third-order valence-electron chi connectivity index (χ3n) is 2.17. The number of aryl methyl sites for hydroxylation is 1. The molecule has 0 saturated carbocycles. The summed E-state index contributed by atoms with van der Waals surface area (Å²) in [6, 6.07) is 1.66. The zero-order valence-corrected chi connectivity index (χ0v) is 9.57. The lowest BCUT2D eigenvalue weighted by Crippen LogP contribution is -2.19. The van der Waals surface area contributed by atoms with E-state index < -0.39 is 5.97 Å². The molecule has 1 amide bonds. The van der Waals surface area contributed by atoms with Gasteiger partial charge in [0.1, 0.15) is 6.54 Å². The van der Waals surface area contributed by atoms with Crippen LogP contribution in [-0.4, -0.2) is 36.5 Å². The number of rotatable bonds is 4. The highest BCUT2D eigenvalue weighted by Crippen LogP contribution is 2.02. The van der Waals surface area contributed by atoms with Gasteiger partial charge in [0, 0.05) is 25.5 Å². The molecule has 2 aromatic heterocycles. The Morgan fingerprint density at radius 3 is 2.83 bits per heavy atom. The minimum Gasteiger partial charge on any atom is -0.478 e. The van der Waals surface area contributed by atoms with E-state index in [9.17, 15) is 9.59 Å². The van der Waals surface area contributed by atoms with Crippen LogP contribution in [0.2, 0.25) is 0 Å². The first-order valence-corrected chi connectivity index (χ1v) is 5.10. The van der Waals surface area contributed by atoms with Crippen molar-refractivity contribution >= 4 is 17.7 Å². The Balaban J connectivity index is 1.96. The monoisotopic (exact) mass is 249 g/mol. The van der Waals surface area contributed by atoms with Crippen LogP contribution in [0.4, 0.5) is 5.82 Å². The predicted octanol–water partition coefficient (Wildman–Crippen LogP) is -0.0465. The third kappa shape index (κ3) is 2.73. The smallest absolute Gasteiger partial charge is 0.338 e. The molecule has 0 aliphatic carbocycles. The molecule has 2 rings (SSSR count). The average Bonchev–Trinajstić information content (AvgIpc) is 2.88. The maximum absolute atomic E-state index is 11.6. The van der Waals surface area contributed by atoms with Crippen LogP contribution in [0.1, 0.15) is 10.4 Å². The van der Waals surface area contributed by atoms with E-state index in [4.69, 9.17) is 5.11 Å². The number of carbonyl (C=O) groups excluding carboxylic acids is 1. The van der Waals surface area contributed by atoms with E-state index in [1.54, 1.807) is 24.0 Å². The molecule has 0 bridgehead atoms. The van der Waals surface area contributed by atoms with E-state index in [1.807, 2.05) is 0 Å². The van der Waals surface area contributed by atoms with Crippen molar-refractivity contribution in [3.63, 3.8) is 0 Å². The minimum absolute atomic E-state index is 0.0423. The van der Waals surface area contributed by atoms with E-state index in [0.717, 1.165) is 0 Å². The molecule has 94 valence electrons. The van der Waals surface area contributed by atoms with Gasteiger partial charge in [-0.3, -0.25) is 14.2 Å². The summed E-state index contributed by atoms with van der Waals surface area (Å²) >= 11 is 0. The summed E-state index contributed by atoms with van der Waals surface area (Å²) in [5.74, 6) is -0.965. The summed E-state index contributed by atoms with van der Waals surface area (Å²) in [6.07, 6.45) is 4.18. The van der Waals surface area contributed by atoms with Crippen molar-refractivity contribution in [3.05, 3.63) is 30.2 Å². The van der Waals surface area contributed by atoms with Crippen LogP contribution in [0.5, 0.6) is 0 Å². The highest BCUT2D eigenvalue weighted by atomic mass is 16.4. The van der Waals surface area contributed by atoms with Crippen molar-refractivity contribution in [3.8, 4) is 0 Å². The lowest BCUT2D eigenvalue weighted by Gasteiger charge is -2.01. The van der Waals surface area contributed by atoms with Crippen LogP contribution < -0.4 is 5.32 Å². The molecule has 0 saturated heterocycles. The number of aromatic nitrogens is 4. The third-order valence-corrected chi connectivity index (χ3v) is 2.17. The maximum atomic E-state index is 11.6. The van der Waals surface area contributed by atoms with Crippen molar-refractivity contribution in [2.75, 3.05) is 5.32 Å². The van der Waals surface area contributed by atoms with Gasteiger partial charge in [-0.2, -0.15) is 10.2 Å². The maximum Gasteiger partial charge on any atom is 0.338 e. The second-order valence-corrected chi connectivity index (χ2v) is 3.65. The van der Waals surface area contributed by atoms with E-state index >= 15 is 0 Å². The number of carboxylic acids is 1. The molecule has 2 aromatic rings. The molecule has 0 aliphatic heterocycles. The van der Waals surface area contributed by atoms with Gasteiger partial charge < -0.3 is 10.4 Å². The molecule has 0 unspecified atom stereocenters. The molecule has 0 fully saturated rings. The molecule has 0 radical (unpaired) electrons. The topological polar surface area (TPSA) is 102 Å². The number of carbonyl (C=O) groups is 2. The van der Waals surface area contributed by atoms with E-state index in [2.05, 4.69) is 15.5 Å². The van der Waals surface area contributed by atoms with Crippen LogP contribution in [-0.2, 0) is 18.4 Å². The molecule has 0 spiro atoms. The first kappa shape index (κ1) is 11.8. The highest BCUT2D eigenvalue weighted by Gasteiger charge is 2.09. The molecule has 18 heavy (non-hydrogen) atoms. The van der Waals surface area contributed by atoms with E-state index in [-0.39, 0.29) is 18.0 Å². The van der Waals surface area contributed by atoms with Gasteiger partial charge in [0.05, 0.1) is 11.8 Å². The summed E-state index contributed by atoms with van der Waals surface area (Å²) in [5, 5.41) is 19.0. The number of nitrogens with one attached hydrogen (secondary N) is 1. The van der Waals surface area contributed by atoms with Gasteiger partial charge in [-0.15, -0.1) is 0 Å². The van der Waals surface area contributed by atoms with Gasteiger partial charge in [-0.25, -0.2) is 4.79 Å². The number of hydrogen-bond donors (Lipinski definition) is 2. The second kappa shape index (κ2) is 4.70. The zero-order chi connectivity index (χ0) is 13.1. The van der Waals surface area contributed by atoms with E-state index in [0.29, 0.717) is 5.82 Å². The van der Waals surface area contributed by atoms with Gasteiger partial charge in [0.15, 0.2) is 5.82 Å². The second-order valence-electron chi connectivity index (χ2n) is 3.65. The Morgan fingerprint density at radius 1 is 1.50 bits per heavy atom. The minimum atomic E-state index is -1.08. The Labute approximate surface area is 102 Å². The van der Waals surface area contributed by atoms with Gasteiger partial charge in [-0.1, -0.05) is 0 Å². The first-order chi connectivity index (χ1) is 8.54. The SMILES string of the molecule is Cn1ccc(NC(=O)Cn2cc(C(=O)O)cn2)n1. The highest BCUT2D eigenvalue weighted by molar-refractivity contribution is 5.90. The van der Waals surface area contributed by atoms with Crippen molar-refractivity contribution < 1.29 is 14.7 Å². The summed E-state index contributed by atoms with van der Waals surface area (Å²) < 4.78 is 2.81. The molecular weight excluding hydrogens is 238 g/mol. The van der Waals surface area contributed by atoms with Crippen LogP contribution in [0.3, 0.4) is 0 Å². The Kier molecular flexibility index (Phi) is 3.09. The normalized spacial score (nSPS) is 10.3. The van der Waals surface area contributed by atoms with Crippen molar-refractivity contribution in [1.29, 1.82) is 0 Å².